The van der Waals surface area contributed by atoms with Crippen LogP contribution in [0.5, 0.6) is 0 Å². The number of unbranched alkanes of at least 4 members (excludes halogenated alkanes) is 12. The van der Waals surface area contributed by atoms with Crippen molar-refractivity contribution in [2.24, 2.45) is 0 Å². The molecular formula is C59H95NO5. The highest BCUT2D eigenvalue weighted by atomic mass is 16.5. The predicted molar refractivity (Wildman–Crippen MR) is 282 cm³/mol. The maximum atomic E-state index is 13.2. The van der Waals surface area contributed by atoms with Crippen molar-refractivity contribution in [1.82, 2.24) is 5.32 Å². The highest BCUT2D eigenvalue weighted by Crippen LogP contribution is 2.15. The van der Waals surface area contributed by atoms with Gasteiger partial charge in [-0.3, -0.25) is 9.59 Å². The first-order chi connectivity index (χ1) is 32.0. The zero-order chi connectivity index (χ0) is 47.4. The van der Waals surface area contributed by atoms with Crippen molar-refractivity contribution < 1.29 is 24.5 Å². The molecule has 0 aromatic carbocycles. The number of carbonyl (C=O) groups excluding carboxylic acids is 2. The van der Waals surface area contributed by atoms with Crippen LogP contribution in [0.1, 0.15) is 201 Å². The molecule has 1 amide bonds. The Hall–Kier alpha value is -4.00. The lowest BCUT2D eigenvalue weighted by Gasteiger charge is -2.23. The highest BCUT2D eigenvalue weighted by molar-refractivity contribution is 5.78. The van der Waals surface area contributed by atoms with E-state index in [1.807, 2.05) is 12.2 Å². The second kappa shape index (κ2) is 51.0. The van der Waals surface area contributed by atoms with Gasteiger partial charge in [0.15, 0.2) is 0 Å². The molecule has 0 aromatic heterocycles. The number of ether oxygens (including phenoxy) is 1. The van der Waals surface area contributed by atoms with Crippen molar-refractivity contribution in [2.75, 3.05) is 6.61 Å². The Morgan fingerprint density at radius 3 is 1.22 bits per heavy atom. The number of hydrogen-bond acceptors (Lipinski definition) is 5. The van der Waals surface area contributed by atoms with Gasteiger partial charge in [-0.05, 0) is 89.5 Å². The number of amides is 1. The van der Waals surface area contributed by atoms with Crippen molar-refractivity contribution in [3.05, 3.63) is 134 Å². The first-order valence-corrected chi connectivity index (χ1v) is 25.9. The third-order valence-corrected chi connectivity index (χ3v) is 10.7. The van der Waals surface area contributed by atoms with Crippen LogP contribution in [0.4, 0.5) is 0 Å². The Morgan fingerprint density at radius 2 is 0.831 bits per heavy atom. The fourth-order valence-electron chi connectivity index (χ4n) is 6.89. The summed E-state index contributed by atoms with van der Waals surface area (Å²) in [4.78, 5) is 26.1. The molecule has 0 aromatic rings. The SMILES string of the molecule is CC/C=C\C/C=C\C/C=C\C/C=C\C/C=C\C/C=C\CCC(=O)OC(/C=C/C/C=C/C/C=C/C/C=C/C/C=C/CC)CC(=O)NC(CO)C(O)CCCCCCCCCCCCCCC. The minimum Gasteiger partial charge on any atom is -0.458 e. The first-order valence-electron chi connectivity index (χ1n) is 25.9. The van der Waals surface area contributed by atoms with Crippen LogP contribution >= 0.6 is 0 Å². The van der Waals surface area contributed by atoms with E-state index >= 15 is 0 Å². The van der Waals surface area contributed by atoms with E-state index in [-0.39, 0.29) is 31.3 Å². The topological polar surface area (TPSA) is 95.9 Å². The Labute approximate surface area is 399 Å². The molecule has 0 rings (SSSR count). The van der Waals surface area contributed by atoms with Crippen LogP contribution < -0.4 is 5.32 Å². The summed E-state index contributed by atoms with van der Waals surface area (Å²) < 4.78 is 5.78. The molecule has 0 spiro atoms. The van der Waals surface area contributed by atoms with Crippen molar-refractivity contribution in [3.8, 4) is 0 Å². The molecule has 0 heterocycles. The summed E-state index contributed by atoms with van der Waals surface area (Å²) in [5.41, 5.74) is 0. The third-order valence-electron chi connectivity index (χ3n) is 10.7. The van der Waals surface area contributed by atoms with Gasteiger partial charge < -0.3 is 20.3 Å². The predicted octanol–water partition coefficient (Wildman–Crippen LogP) is 15.8. The number of carbonyl (C=O) groups is 2. The molecule has 0 aliphatic rings. The van der Waals surface area contributed by atoms with E-state index in [1.54, 1.807) is 6.08 Å². The molecule has 0 radical (unpaired) electrons. The monoisotopic (exact) mass is 898 g/mol. The van der Waals surface area contributed by atoms with E-state index in [0.29, 0.717) is 19.3 Å². The van der Waals surface area contributed by atoms with Crippen LogP contribution in [0.15, 0.2) is 134 Å². The molecule has 0 bridgehead atoms. The van der Waals surface area contributed by atoms with E-state index in [2.05, 4.69) is 142 Å². The van der Waals surface area contributed by atoms with Gasteiger partial charge in [-0.1, -0.05) is 232 Å². The number of esters is 1. The lowest BCUT2D eigenvalue weighted by atomic mass is 10.0. The highest BCUT2D eigenvalue weighted by Gasteiger charge is 2.23. The lowest BCUT2D eigenvalue weighted by Crippen LogP contribution is -2.46. The molecule has 0 saturated carbocycles. The zero-order valence-corrected chi connectivity index (χ0v) is 41.6. The molecule has 65 heavy (non-hydrogen) atoms. The fourth-order valence-corrected chi connectivity index (χ4v) is 6.89. The van der Waals surface area contributed by atoms with Gasteiger partial charge in [-0.25, -0.2) is 0 Å². The maximum absolute atomic E-state index is 13.2. The molecule has 6 nitrogen and oxygen atoms in total. The number of aliphatic hydroxyl groups excluding tert-OH is 2. The van der Waals surface area contributed by atoms with Gasteiger partial charge in [0.25, 0.3) is 0 Å². The second-order valence-corrected chi connectivity index (χ2v) is 16.8. The Bertz CT molecular complexity index is 1420. The molecule has 0 aliphatic heterocycles. The molecule has 3 unspecified atom stereocenters. The minimum atomic E-state index is -0.840. The second-order valence-electron chi connectivity index (χ2n) is 16.8. The molecule has 6 heteroatoms. The van der Waals surface area contributed by atoms with Gasteiger partial charge in [0, 0.05) is 6.42 Å². The van der Waals surface area contributed by atoms with Gasteiger partial charge in [-0.15, -0.1) is 0 Å². The molecule has 366 valence electrons. The maximum Gasteiger partial charge on any atom is 0.306 e. The number of aliphatic hydroxyl groups is 2. The number of hydrogen-bond donors (Lipinski definition) is 3. The van der Waals surface area contributed by atoms with E-state index in [4.69, 9.17) is 4.74 Å². The Balaban J connectivity index is 4.86. The fraction of sp³-hybridized carbons (Fsp3) is 0.593. The van der Waals surface area contributed by atoms with Crippen LogP contribution in [-0.2, 0) is 14.3 Å². The Morgan fingerprint density at radius 1 is 0.477 bits per heavy atom. The summed E-state index contributed by atoms with van der Waals surface area (Å²) in [7, 11) is 0. The number of allylic oxidation sites excluding steroid dienone is 21. The standard InChI is InChI=1S/C59H95NO5/c1-4-7-10-13-16-19-22-25-27-28-29-30-31-34-37-40-43-46-49-52-59(64)65-55(50-47-44-41-38-35-33-26-23-20-17-14-11-8-5-2)53-58(63)60-56(54-61)57(62)51-48-45-42-39-36-32-24-21-18-15-12-9-6-3/h7-8,10-11,16-17,19-20,25-27,29-30,33-34,37-38,41,43,46-47,50,55-57,61-62H,4-6,9,12-15,18,21-24,28,31-32,35-36,39-40,42,44-45,48-49,51-54H2,1-3H3,(H,60,63)/b10-7-,11-8+,19-16-,20-17+,27-25-,30-29-,33-26+,37-34-,41-38+,46-43-,50-47+. The summed E-state index contributed by atoms with van der Waals surface area (Å²) in [5, 5.41) is 23.7. The van der Waals surface area contributed by atoms with Crippen molar-refractivity contribution in [1.29, 1.82) is 0 Å². The van der Waals surface area contributed by atoms with Crippen molar-refractivity contribution in [2.45, 2.75) is 219 Å². The van der Waals surface area contributed by atoms with E-state index in [0.717, 1.165) is 83.5 Å². The van der Waals surface area contributed by atoms with Crippen LogP contribution in [0.2, 0.25) is 0 Å². The van der Waals surface area contributed by atoms with E-state index < -0.39 is 18.2 Å². The molecule has 3 atom stereocenters. The summed E-state index contributed by atoms with van der Waals surface area (Å²) in [5.74, 6) is -0.742. The third kappa shape index (κ3) is 46.3. The van der Waals surface area contributed by atoms with Crippen LogP contribution in [-0.4, -0.2) is 46.9 Å². The molecule has 3 N–H and O–H groups in total. The molecule has 0 aliphatic carbocycles. The smallest absolute Gasteiger partial charge is 0.306 e. The van der Waals surface area contributed by atoms with Crippen LogP contribution in [0, 0.1) is 0 Å². The zero-order valence-electron chi connectivity index (χ0n) is 41.6. The van der Waals surface area contributed by atoms with E-state index in [1.165, 1.54) is 64.2 Å². The summed E-state index contributed by atoms with van der Waals surface area (Å²) in [6, 6.07) is -0.766. The summed E-state index contributed by atoms with van der Waals surface area (Å²) in [6.45, 7) is 6.19. The van der Waals surface area contributed by atoms with Gasteiger partial charge in [-0.2, -0.15) is 0 Å². The van der Waals surface area contributed by atoms with Gasteiger partial charge in [0.05, 0.1) is 25.2 Å². The average molecular weight is 898 g/mol. The minimum absolute atomic E-state index is 0.0850. The normalized spacial score (nSPS) is 14.4. The van der Waals surface area contributed by atoms with E-state index in [9.17, 15) is 19.8 Å². The molecule has 0 saturated heterocycles. The Kier molecular flexibility index (Phi) is 47.9. The average Bonchev–Trinajstić information content (AvgIpc) is 3.30. The first kappa shape index (κ1) is 61.0. The largest absolute Gasteiger partial charge is 0.458 e. The van der Waals surface area contributed by atoms with Gasteiger partial charge in [0.2, 0.25) is 5.91 Å². The van der Waals surface area contributed by atoms with Gasteiger partial charge in [0.1, 0.15) is 6.10 Å². The van der Waals surface area contributed by atoms with Crippen LogP contribution in [0.25, 0.3) is 0 Å². The van der Waals surface area contributed by atoms with Crippen LogP contribution in [0.3, 0.4) is 0 Å². The quantitative estimate of drug-likeness (QED) is 0.0322. The summed E-state index contributed by atoms with van der Waals surface area (Å²) in [6.07, 6.45) is 72.6. The van der Waals surface area contributed by atoms with Crippen molar-refractivity contribution in [3.63, 3.8) is 0 Å². The van der Waals surface area contributed by atoms with Gasteiger partial charge >= 0.3 is 5.97 Å². The molecular weight excluding hydrogens is 803 g/mol. The number of nitrogens with one attached hydrogen (secondary N) is 1. The molecule has 0 fully saturated rings. The lowest BCUT2D eigenvalue weighted by molar-refractivity contribution is -0.148. The van der Waals surface area contributed by atoms with Crippen molar-refractivity contribution >= 4 is 11.9 Å². The summed E-state index contributed by atoms with van der Waals surface area (Å²) >= 11 is 0. The number of rotatable bonds is 44.